The van der Waals surface area contributed by atoms with Crippen LogP contribution in [0, 0.1) is 5.41 Å². The summed E-state index contributed by atoms with van der Waals surface area (Å²) in [6, 6.07) is 0. The van der Waals surface area contributed by atoms with E-state index in [0.717, 1.165) is 0 Å². The molecule has 0 fully saturated rings. The molecular formula is C10H19NO3. The van der Waals surface area contributed by atoms with Crippen LogP contribution in [0.15, 0.2) is 0 Å². The van der Waals surface area contributed by atoms with Crippen molar-refractivity contribution in [1.82, 2.24) is 0 Å². The molecule has 0 aliphatic rings. The van der Waals surface area contributed by atoms with Gasteiger partial charge in [0.2, 0.25) is 0 Å². The number of carbonyl (C=O) groups is 2. The minimum atomic E-state index is -1.03. The molecule has 0 heterocycles. The first kappa shape index (κ1) is 13.1. The molecule has 0 rings (SSSR count). The molecule has 0 saturated heterocycles. The van der Waals surface area contributed by atoms with Crippen molar-refractivity contribution in [3.63, 3.8) is 0 Å². The summed E-state index contributed by atoms with van der Waals surface area (Å²) in [6.45, 7) is 6.73. The zero-order valence-electron chi connectivity index (χ0n) is 9.13. The highest BCUT2D eigenvalue weighted by molar-refractivity contribution is 5.84. The Hall–Kier alpha value is -0.900. The van der Waals surface area contributed by atoms with Crippen LogP contribution in [0.1, 0.15) is 33.6 Å². The highest BCUT2D eigenvalue weighted by Gasteiger charge is 2.21. The fraction of sp³-hybridized carbons (Fsp3) is 0.800. The summed E-state index contributed by atoms with van der Waals surface area (Å²) in [4.78, 5) is 21.5. The Kier molecular flexibility index (Phi) is 5.38. The van der Waals surface area contributed by atoms with Gasteiger partial charge in [0.25, 0.3) is 0 Å². The molecule has 0 aliphatic carbocycles. The molecule has 0 bridgehead atoms. The van der Waals surface area contributed by atoms with Crippen molar-refractivity contribution >= 4 is 11.8 Å². The maximum absolute atomic E-state index is 11.4. The third-order valence-electron chi connectivity index (χ3n) is 1.96. The Balaban J connectivity index is 3.46. The van der Waals surface area contributed by atoms with E-state index in [1.54, 1.807) is 0 Å². The van der Waals surface area contributed by atoms with Gasteiger partial charge in [-0.3, -0.25) is 4.79 Å². The summed E-state index contributed by atoms with van der Waals surface area (Å²) in [5.41, 5.74) is -0.301. The van der Waals surface area contributed by atoms with Gasteiger partial charge in [-0.05, 0) is 6.42 Å². The molecule has 82 valence electrons. The molecule has 0 amide bonds. The molecule has 0 aromatic heterocycles. The maximum atomic E-state index is 11.4. The molecule has 0 radical (unpaired) electrons. The highest BCUT2D eigenvalue weighted by atomic mass is 16.4. The first-order chi connectivity index (χ1) is 6.34. The van der Waals surface area contributed by atoms with Crippen LogP contribution in [0.3, 0.4) is 0 Å². The summed E-state index contributed by atoms with van der Waals surface area (Å²) in [5.74, 6) is -0.841. The van der Waals surface area contributed by atoms with Crippen LogP contribution in [0.2, 0.25) is 0 Å². The van der Waals surface area contributed by atoms with Gasteiger partial charge in [0.1, 0.15) is 6.54 Å². The van der Waals surface area contributed by atoms with Crippen LogP contribution in [0.25, 0.3) is 0 Å². The second kappa shape index (κ2) is 5.75. The van der Waals surface area contributed by atoms with Crippen molar-refractivity contribution in [3.05, 3.63) is 0 Å². The number of aliphatic carboxylic acids is 1. The summed E-state index contributed by atoms with van der Waals surface area (Å²) < 4.78 is 0. The Labute approximate surface area is 84.7 Å². The number of carbonyl (C=O) groups excluding carboxylic acids is 2. The van der Waals surface area contributed by atoms with Crippen LogP contribution in [-0.4, -0.2) is 24.8 Å². The lowest BCUT2D eigenvalue weighted by Crippen LogP contribution is -2.86. The van der Waals surface area contributed by atoms with Crippen molar-refractivity contribution < 1.29 is 20.0 Å². The van der Waals surface area contributed by atoms with Gasteiger partial charge in [0, 0.05) is 17.8 Å². The largest absolute Gasteiger partial charge is 0.550 e. The number of quaternary nitrogens is 1. The molecular weight excluding hydrogens is 182 g/mol. The van der Waals surface area contributed by atoms with Crippen LogP contribution < -0.4 is 10.4 Å². The number of ketones is 1. The first-order valence-corrected chi connectivity index (χ1v) is 4.89. The summed E-state index contributed by atoms with van der Waals surface area (Å²) in [6.07, 6.45) is 0.625. The molecule has 0 saturated carbocycles. The molecule has 0 unspecified atom stereocenters. The van der Waals surface area contributed by atoms with E-state index >= 15 is 0 Å². The lowest BCUT2D eigenvalue weighted by molar-refractivity contribution is -0.644. The number of carboxylic acid groups (broad SMARTS) is 1. The number of hydrogen-bond acceptors (Lipinski definition) is 3. The molecule has 4 nitrogen and oxygen atoms in total. The van der Waals surface area contributed by atoms with E-state index in [4.69, 9.17) is 0 Å². The van der Waals surface area contributed by atoms with E-state index in [9.17, 15) is 14.7 Å². The van der Waals surface area contributed by atoms with Crippen molar-refractivity contribution in [2.75, 3.05) is 13.1 Å². The third-order valence-corrected chi connectivity index (χ3v) is 1.96. The predicted molar refractivity (Wildman–Crippen MR) is 50.4 cm³/mol. The number of Topliss-reactive ketones (excluding diaryl/α,β-unsaturated/α-hetero) is 1. The standard InChI is InChI=1S/C10H19NO3/c1-10(2,3)8(12)7-11-6-4-5-9(13)14/h11H,4-7H2,1-3H3,(H,13,14). The maximum Gasteiger partial charge on any atom is 0.191 e. The minimum absolute atomic E-state index is 0.0697. The Morgan fingerprint density at radius 1 is 1.29 bits per heavy atom. The molecule has 2 N–H and O–H groups in total. The van der Waals surface area contributed by atoms with Crippen molar-refractivity contribution in [3.8, 4) is 0 Å². The number of hydrogen-bond donors (Lipinski definition) is 1. The Morgan fingerprint density at radius 3 is 2.29 bits per heavy atom. The summed E-state index contributed by atoms with van der Waals surface area (Å²) >= 11 is 0. The van der Waals surface area contributed by atoms with Gasteiger partial charge in [0.05, 0.1) is 6.54 Å². The molecule has 0 aliphatic heterocycles. The molecule has 0 aromatic carbocycles. The Bertz CT molecular complexity index is 206. The minimum Gasteiger partial charge on any atom is -0.550 e. The SMILES string of the molecule is CC(C)(C)C(=O)C[NH2+]CCCC(=O)[O-]. The normalized spacial score (nSPS) is 11.4. The highest BCUT2D eigenvalue weighted by Crippen LogP contribution is 2.12. The lowest BCUT2D eigenvalue weighted by Gasteiger charge is -2.14. The van der Waals surface area contributed by atoms with E-state index in [-0.39, 0.29) is 17.6 Å². The first-order valence-electron chi connectivity index (χ1n) is 4.89. The lowest BCUT2D eigenvalue weighted by atomic mass is 9.91. The van der Waals surface area contributed by atoms with E-state index in [1.165, 1.54) is 0 Å². The summed E-state index contributed by atoms with van der Waals surface area (Å²) in [5, 5.41) is 11.9. The zero-order chi connectivity index (χ0) is 11.2. The van der Waals surface area contributed by atoms with Crippen molar-refractivity contribution in [2.24, 2.45) is 5.41 Å². The molecule has 4 heteroatoms. The molecule has 0 aromatic rings. The second-order valence-corrected chi connectivity index (χ2v) is 4.43. The van der Waals surface area contributed by atoms with Crippen LogP contribution in [0.5, 0.6) is 0 Å². The van der Waals surface area contributed by atoms with Crippen LogP contribution >= 0.6 is 0 Å². The zero-order valence-corrected chi connectivity index (χ0v) is 9.13. The van der Waals surface area contributed by atoms with Crippen molar-refractivity contribution in [2.45, 2.75) is 33.6 Å². The van der Waals surface area contributed by atoms with Gasteiger partial charge in [-0.1, -0.05) is 20.8 Å². The average Bonchev–Trinajstić information content (AvgIpc) is 2.01. The van der Waals surface area contributed by atoms with E-state index in [2.05, 4.69) is 0 Å². The third kappa shape index (κ3) is 6.60. The monoisotopic (exact) mass is 201 g/mol. The quantitative estimate of drug-likeness (QED) is 0.542. The van der Waals surface area contributed by atoms with Gasteiger partial charge < -0.3 is 15.2 Å². The van der Waals surface area contributed by atoms with Gasteiger partial charge in [-0.25, -0.2) is 0 Å². The fourth-order valence-corrected chi connectivity index (χ4v) is 0.930. The van der Waals surface area contributed by atoms with Gasteiger partial charge in [-0.15, -0.1) is 0 Å². The Morgan fingerprint density at radius 2 is 1.86 bits per heavy atom. The predicted octanol–water partition coefficient (Wildman–Crippen LogP) is -1.30. The molecule has 14 heavy (non-hydrogen) atoms. The van der Waals surface area contributed by atoms with Crippen LogP contribution in [-0.2, 0) is 9.59 Å². The number of carboxylic acids is 1. The van der Waals surface area contributed by atoms with Gasteiger partial charge in [0.15, 0.2) is 5.78 Å². The fourth-order valence-electron chi connectivity index (χ4n) is 0.930. The van der Waals surface area contributed by atoms with Gasteiger partial charge >= 0.3 is 0 Å². The van der Waals surface area contributed by atoms with Crippen LogP contribution in [0.4, 0.5) is 0 Å². The topological polar surface area (TPSA) is 73.8 Å². The molecule has 0 atom stereocenters. The van der Waals surface area contributed by atoms with E-state index < -0.39 is 5.97 Å². The average molecular weight is 201 g/mol. The number of nitrogens with two attached hydrogens (primary N) is 1. The van der Waals surface area contributed by atoms with E-state index in [1.807, 2.05) is 26.1 Å². The van der Waals surface area contributed by atoms with Crippen molar-refractivity contribution in [1.29, 1.82) is 0 Å². The number of rotatable bonds is 6. The second-order valence-electron chi connectivity index (χ2n) is 4.43. The van der Waals surface area contributed by atoms with E-state index in [0.29, 0.717) is 19.5 Å². The summed E-state index contributed by atoms with van der Waals surface area (Å²) in [7, 11) is 0. The smallest absolute Gasteiger partial charge is 0.191 e. The molecule has 0 spiro atoms. The van der Waals surface area contributed by atoms with Gasteiger partial charge in [-0.2, -0.15) is 0 Å².